The molecule has 0 saturated heterocycles. The molecule has 0 atom stereocenters. The molecule has 5 heteroatoms. The van der Waals surface area contributed by atoms with Crippen LogP contribution in [0.3, 0.4) is 0 Å². The molecule has 0 bridgehead atoms. The van der Waals surface area contributed by atoms with Crippen molar-refractivity contribution in [3.63, 3.8) is 0 Å². The van der Waals surface area contributed by atoms with Crippen molar-refractivity contribution in [2.75, 3.05) is 5.73 Å². The number of nitrogen functional groups attached to an aromatic ring is 1. The number of hydrogen-bond donors (Lipinski definition) is 2. The fourth-order valence-corrected chi connectivity index (χ4v) is 4.86. The third-order valence-corrected chi connectivity index (χ3v) is 6.74. The molecule has 1 heterocycles. The highest BCUT2D eigenvalue weighted by Gasteiger charge is 2.27. The fraction of sp³-hybridized carbons (Fsp3) is 0.600. The van der Waals surface area contributed by atoms with Gasteiger partial charge < -0.3 is 10.8 Å². The highest BCUT2D eigenvalue weighted by atomic mass is 19.1. The Hall–Kier alpha value is -2.01. The molecule has 2 saturated carbocycles. The number of aromatic nitrogens is 2. The minimum atomic E-state index is -0.169. The molecule has 3 N–H and O–H groups in total. The van der Waals surface area contributed by atoms with E-state index in [4.69, 9.17) is 10.8 Å². The van der Waals surface area contributed by atoms with Crippen molar-refractivity contribution in [1.82, 2.24) is 10.2 Å². The van der Waals surface area contributed by atoms with Gasteiger partial charge in [0.25, 0.3) is 0 Å². The van der Waals surface area contributed by atoms with Gasteiger partial charge in [-0.3, -0.25) is 0 Å². The van der Waals surface area contributed by atoms with Gasteiger partial charge in [0.2, 0.25) is 0 Å². The van der Waals surface area contributed by atoms with Crippen molar-refractivity contribution in [3.8, 4) is 11.3 Å². The number of anilines is 1. The molecular weight excluding hydrogens is 377 g/mol. The summed E-state index contributed by atoms with van der Waals surface area (Å²) in [4.78, 5) is 0. The van der Waals surface area contributed by atoms with E-state index in [0.717, 1.165) is 60.8 Å². The van der Waals surface area contributed by atoms with Crippen LogP contribution in [-0.4, -0.2) is 21.4 Å². The Morgan fingerprint density at radius 2 is 1.57 bits per heavy atom. The number of aliphatic hydroxyl groups excluding tert-OH is 1. The maximum Gasteiger partial charge on any atom is 0.149 e. The van der Waals surface area contributed by atoms with Crippen LogP contribution in [0.1, 0.15) is 92.4 Å². The lowest BCUT2D eigenvalue weighted by Gasteiger charge is -2.16. The molecule has 0 spiro atoms. The number of nitrogens with zero attached hydrogens (tertiary/aromatic N) is 2. The lowest BCUT2D eigenvalue weighted by Crippen LogP contribution is -2.09. The molecular formula is C25H34FN3O. The second kappa shape index (κ2) is 9.42. The van der Waals surface area contributed by atoms with E-state index >= 15 is 0 Å². The highest BCUT2D eigenvalue weighted by molar-refractivity contribution is 5.71. The summed E-state index contributed by atoms with van der Waals surface area (Å²) in [6.07, 6.45) is 13.5. The van der Waals surface area contributed by atoms with E-state index in [9.17, 15) is 4.39 Å². The molecule has 1 aromatic heterocycles. The van der Waals surface area contributed by atoms with Crippen molar-refractivity contribution < 1.29 is 9.50 Å². The molecule has 4 nitrogen and oxygen atoms in total. The van der Waals surface area contributed by atoms with Gasteiger partial charge >= 0.3 is 0 Å². The molecule has 0 unspecified atom stereocenters. The number of nitrogens with two attached hydrogens (primary N) is 1. The van der Waals surface area contributed by atoms with E-state index in [1.807, 2.05) is 6.92 Å². The number of hydrogen-bond acceptors (Lipinski definition) is 4. The second-order valence-corrected chi connectivity index (χ2v) is 9.21. The van der Waals surface area contributed by atoms with Crippen molar-refractivity contribution in [1.29, 1.82) is 0 Å². The van der Waals surface area contributed by atoms with Crippen LogP contribution in [0.2, 0.25) is 0 Å². The van der Waals surface area contributed by atoms with Gasteiger partial charge in [0, 0.05) is 11.1 Å². The smallest absolute Gasteiger partial charge is 0.149 e. The zero-order valence-electron chi connectivity index (χ0n) is 18.1. The van der Waals surface area contributed by atoms with Crippen LogP contribution in [0.25, 0.3) is 11.3 Å². The standard InChI is InChI=1S/C19H22FN3.C6H12O/c1-11-9-13(12-7-8-12)10-16(20)17(11)18-14-5-3-2-4-6-15(14)19(21)23-22-18;7-6-4-2-1-3-5-6/h9-10,12H,2-8H2,1H3,(H2,21,23);6-7H,1-5H2. The first-order chi connectivity index (χ1) is 14.5. The van der Waals surface area contributed by atoms with Crippen LogP contribution in [0, 0.1) is 12.7 Å². The number of aliphatic hydroxyl groups is 1. The Morgan fingerprint density at radius 3 is 2.17 bits per heavy atom. The van der Waals surface area contributed by atoms with Gasteiger partial charge in [-0.2, -0.15) is 0 Å². The van der Waals surface area contributed by atoms with Crippen LogP contribution in [0.5, 0.6) is 0 Å². The number of rotatable bonds is 2. The summed E-state index contributed by atoms with van der Waals surface area (Å²) in [5.74, 6) is 0.891. The molecule has 162 valence electrons. The van der Waals surface area contributed by atoms with Gasteiger partial charge in [-0.1, -0.05) is 31.7 Å². The van der Waals surface area contributed by atoms with Crippen LogP contribution in [0.15, 0.2) is 12.1 Å². The quantitative estimate of drug-likeness (QED) is 0.628. The van der Waals surface area contributed by atoms with Gasteiger partial charge in [-0.15, -0.1) is 10.2 Å². The Bertz CT molecular complexity index is 865. The SMILES string of the molecule is Cc1cc(C2CC2)cc(F)c1-c1nnc(N)c2c1CCCCC2.OC1CCCCC1. The number of halogens is 1. The maximum atomic E-state index is 14.9. The molecule has 3 aliphatic rings. The van der Waals surface area contributed by atoms with E-state index < -0.39 is 0 Å². The molecule has 3 aliphatic carbocycles. The monoisotopic (exact) mass is 411 g/mol. The zero-order valence-corrected chi connectivity index (χ0v) is 18.1. The molecule has 2 fully saturated rings. The number of fused-ring (bicyclic) bond motifs is 1. The van der Waals surface area contributed by atoms with Crippen LogP contribution < -0.4 is 5.73 Å². The summed E-state index contributed by atoms with van der Waals surface area (Å²) in [7, 11) is 0. The lowest BCUT2D eigenvalue weighted by molar-refractivity contribution is 0.130. The van der Waals surface area contributed by atoms with E-state index in [1.165, 1.54) is 38.5 Å². The zero-order chi connectivity index (χ0) is 21.1. The van der Waals surface area contributed by atoms with E-state index in [2.05, 4.69) is 16.3 Å². The van der Waals surface area contributed by atoms with Crippen LogP contribution in [0.4, 0.5) is 10.2 Å². The third kappa shape index (κ3) is 4.83. The minimum Gasteiger partial charge on any atom is -0.393 e. The normalized spacial score (nSPS) is 19.4. The lowest BCUT2D eigenvalue weighted by atomic mass is 9.93. The Kier molecular flexibility index (Phi) is 6.67. The first kappa shape index (κ1) is 21.2. The predicted octanol–water partition coefficient (Wildman–Crippen LogP) is 5.63. The topological polar surface area (TPSA) is 72.0 Å². The first-order valence-electron chi connectivity index (χ1n) is 11.7. The van der Waals surface area contributed by atoms with Gasteiger partial charge in [0.1, 0.15) is 11.6 Å². The van der Waals surface area contributed by atoms with E-state index in [1.54, 1.807) is 6.07 Å². The fourth-order valence-electron chi connectivity index (χ4n) is 4.86. The van der Waals surface area contributed by atoms with E-state index in [-0.39, 0.29) is 11.9 Å². The Morgan fingerprint density at radius 1 is 0.900 bits per heavy atom. The van der Waals surface area contributed by atoms with Gasteiger partial charge in [-0.05, 0) is 87.0 Å². The Labute approximate surface area is 179 Å². The molecule has 30 heavy (non-hydrogen) atoms. The molecule has 0 radical (unpaired) electrons. The van der Waals surface area contributed by atoms with Gasteiger partial charge in [0.15, 0.2) is 0 Å². The number of aryl methyl sites for hydroxylation is 1. The van der Waals surface area contributed by atoms with Crippen LogP contribution in [-0.2, 0) is 12.8 Å². The maximum absolute atomic E-state index is 14.9. The first-order valence-corrected chi connectivity index (χ1v) is 11.7. The highest BCUT2D eigenvalue weighted by Crippen LogP contribution is 2.42. The summed E-state index contributed by atoms with van der Waals surface area (Å²) in [6.45, 7) is 1.98. The summed E-state index contributed by atoms with van der Waals surface area (Å²) >= 11 is 0. The minimum absolute atomic E-state index is 0.0359. The molecule has 0 amide bonds. The molecule has 5 rings (SSSR count). The van der Waals surface area contributed by atoms with Crippen molar-refractivity contribution in [3.05, 3.63) is 40.2 Å². The second-order valence-electron chi connectivity index (χ2n) is 9.21. The molecule has 2 aromatic rings. The summed E-state index contributed by atoms with van der Waals surface area (Å²) < 4.78 is 14.9. The number of benzene rings is 1. The largest absolute Gasteiger partial charge is 0.393 e. The average molecular weight is 412 g/mol. The molecule has 0 aliphatic heterocycles. The average Bonchev–Trinajstić information content (AvgIpc) is 3.57. The predicted molar refractivity (Wildman–Crippen MR) is 119 cm³/mol. The van der Waals surface area contributed by atoms with Crippen molar-refractivity contribution >= 4 is 5.82 Å². The van der Waals surface area contributed by atoms with Crippen molar-refractivity contribution in [2.45, 2.75) is 96.0 Å². The van der Waals surface area contributed by atoms with Crippen LogP contribution >= 0.6 is 0 Å². The van der Waals surface area contributed by atoms with Gasteiger partial charge in [0.05, 0.1) is 11.8 Å². The van der Waals surface area contributed by atoms with Crippen molar-refractivity contribution in [2.24, 2.45) is 0 Å². The van der Waals surface area contributed by atoms with Gasteiger partial charge in [-0.25, -0.2) is 4.39 Å². The molecule has 1 aromatic carbocycles. The summed E-state index contributed by atoms with van der Waals surface area (Å²) in [6, 6.07) is 3.82. The third-order valence-electron chi connectivity index (χ3n) is 6.74. The Balaban J connectivity index is 0.000000265. The summed E-state index contributed by atoms with van der Waals surface area (Å²) in [5.41, 5.74) is 11.6. The van der Waals surface area contributed by atoms with E-state index in [0.29, 0.717) is 23.0 Å². The summed E-state index contributed by atoms with van der Waals surface area (Å²) in [5, 5.41) is 17.3.